The van der Waals surface area contributed by atoms with Crippen molar-refractivity contribution in [1.29, 1.82) is 0 Å². The predicted molar refractivity (Wildman–Crippen MR) is 357 cm³/mol. The molecule has 1 atom stereocenters. The van der Waals surface area contributed by atoms with Gasteiger partial charge in [0.1, 0.15) is 13.2 Å². The molecule has 6 heteroatoms. The summed E-state index contributed by atoms with van der Waals surface area (Å²) in [6, 6.07) is 0. The predicted octanol–water partition coefficient (Wildman–Crippen LogP) is 23.7. The first-order chi connectivity index (χ1) is 40.5. The standard InChI is InChI=1S/C76H126O6/c1-4-7-10-13-16-19-22-25-28-29-30-31-32-33-34-35-36-37-38-39-40-41-42-43-44-45-46-47-49-51-54-57-60-63-66-69-75(78)81-72-73(71-80-74(77)68-65-62-59-56-53-50-27-24-21-18-15-12-9-6-3)82-76(79)70-67-64-61-58-55-52-48-26-23-20-17-14-11-8-5-2/h7,10,15-16,18-19,24-28,30-31,33-34,36-37,39-40,42-43,48,73H,4-6,8-9,11-14,17,20-23,29,32,35,38,41,44-47,49-72H2,1-3H3/b10-7-,18-15-,19-16-,27-24-,28-25-,31-30-,34-33-,37-36-,40-39-,43-42-,48-26-. The highest BCUT2D eigenvalue weighted by atomic mass is 16.6. The van der Waals surface area contributed by atoms with E-state index < -0.39 is 6.10 Å². The highest BCUT2D eigenvalue weighted by Gasteiger charge is 2.19. The number of rotatable bonds is 61. The first-order valence-electron chi connectivity index (χ1n) is 34.2. The fourth-order valence-corrected chi connectivity index (χ4v) is 9.24. The van der Waals surface area contributed by atoms with Crippen molar-refractivity contribution in [3.63, 3.8) is 0 Å². The lowest BCUT2D eigenvalue weighted by molar-refractivity contribution is -0.167. The first-order valence-corrected chi connectivity index (χ1v) is 34.2. The van der Waals surface area contributed by atoms with Crippen molar-refractivity contribution >= 4 is 17.9 Å². The number of ether oxygens (including phenoxy) is 3. The van der Waals surface area contributed by atoms with Crippen LogP contribution in [-0.2, 0) is 28.6 Å². The monoisotopic (exact) mass is 1130 g/mol. The van der Waals surface area contributed by atoms with E-state index in [0.29, 0.717) is 19.3 Å². The van der Waals surface area contributed by atoms with Crippen LogP contribution in [0.1, 0.15) is 310 Å². The fourth-order valence-electron chi connectivity index (χ4n) is 9.24. The summed E-state index contributed by atoms with van der Waals surface area (Å²) in [5.41, 5.74) is 0. The van der Waals surface area contributed by atoms with Crippen LogP contribution < -0.4 is 0 Å². The Labute approximate surface area is 506 Å². The van der Waals surface area contributed by atoms with Gasteiger partial charge in [-0.3, -0.25) is 14.4 Å². The molecule has 0 radical (unpaired) electrons. The van der Waals surface area contributed by atoms with Crippen molar-refractivity contribution in [2.75, 3.05) is 13.2 Å². The molecular formula is C76H126O6. The van der Waals surface area contributed by atoms with Gasteiger partial charge in [0, 0.05) is 19.3 Å². The molecule has 0 heterocycles. The largest absolute Gasteiger partial charge is 0.462 e. The number of esters is 3. The second-order valence-corrected chi connectivity index (χ2v) is 22.3. The van der Waals surface area contributed by atoms with Gasteiger partial charge in [-0.1, -0.05) is 289 Å². The molecule has 0 aliphatic rings. The van der Waals surface area contributed by atoms with E-state index in [1.165, 1.54) is 116 Å². The first kappa shape index (κ1) is 77.5. The maximum Gasteiger partial charge on any atom is 0.306 e. The van der Waals surface area contributed by atoms with E-state index in [9.17, 15) is 14.4 Å². The number of hydrogen-bond donors (Lipinski definition) is 0. The summed E-state index contributed by atoms with van der Waals surface area (Å²) in [4.78, 5) is 38.3. The maximum absolute atomic E-state index is 12.9. The van der Waals surface area contributed by atoms with E-state index in [-0.39, 0.29) is 31.1 Å². The van der Waals surface area contributed by atoms with E-state index in [1.807, 2.05) is 0 Å². The van der Waals surface area contributed by atoms with Gasteiger partial charge in [0.15, 0.2) is 6.10 Å². The summed E-state index contributed by atoms with van der Waals surface area (Å²) in [6.07, 6.45) is 97.5. The van der Waals surface area contributed by atoms with Gasteiger partial charge in [-0.15, -0.1) is 0 Å². The van der Waals surface area contributed by atoms with Gasteiger partial charge in [0.2, 0.25) is 0 Å². The van der Waals surface area contributed by atoms with Crippen molar-refractivity contribution in [3.05, 3.63) is 134 Å². The average molecular weight is 1140 g/mol. The molecule has 1 unspecified atom stereocenters. The lowest BCUT2D eigenvalue weighted by Crippen LogP contribution is -2.30. The minimum absolute atomic E-state index is 0.0895. The molecule has 0 rings (SSSR count). The normalized spacial score (nSPS) is 13.0. The number of carbonyl (C=O) groups is 3. The van der Waals surface area contributed by atoms with E-state index in [4.69, 9.17) is 14.2 Å². The third-order valence-electron chi connectivity index (χ3n) is 14.4. The van der Waals surface area contributed by atoms with Gasteiger partial charge in [-0.25, -0.2) is 0 Å². The third kappa shape index (κ3) is 66.4. The number of carbonyl (C=O) groups excluding carboxylic acids is 3. The van der Waals surface area contributed by atoms with E-state index in [2.05, 4.69) is 154 Å². The number of unbranched alkanes of at least 4 members (excludes halogenated alkanes) is 28. The Kier molecular flexibility index (Phi) is 65.3. The van der Waals surface area contributed by atoms with Crippen LogP contribution in [0.3, 0.4) is 0 Å². The van der Waals surface area contributed by atoms with Crippen LogP contribution in [-0.4, -0.2) is 37.2 Å². The lowest BCUT2D eigenvalue weighted by Gasteiger charge is -2.18. The van der Waals surface area contributed by atoms with Gasteiger partial charge >= 0.3 is 17.9 Å². The fraction of sp³-hybridized carbons (Fsp3) is 0.671. The Hall–Kier alpha value is -4.45. The summed E-state index contributed by atoms with van der Waals surface area (Å²) in [6.45, 7) is 6.47. The Bertz CT molecular complexity index is 1730. The molecule has 0 N–H and O–H groups in total. The molecule has 466 valence electrons. The second kappa shape index (κ2) is 69.0. The van der Waals surface area contributed by atoms with Gasteiger partial charge in [0.05, 0.1) is 0 Å². The summed E-state index contributed by atoms with van der Waals surface area (Å²) < 4.78 is 16.9. The van der Waals surface area contributed by atoms with Crippen molar-refractivity contribution in [1.82, 2.24) is 0 Å². The van der Waals surface area contributed by atoms with Crippen LogP contribution in [0.4, 0.5) is 0 Å². The van der Waals surface area contributed by atoms with Crippen LogP contribution in [0.25, 0.3) is 0 Å². The molecule has 0 fully saturated rings. The molecule has 0 bridgehead atoms. The number of hydrogen-bond acceptors (Lipinski definition) is 6. The molecular weight excluding hydrogens is 1010 g/mol. The Morgan fingerprint density at radius 3 is 0.793 bits per heavy atom. The molecule has 82 heavy (non-hydrogen) atoms. The van der Waals surface area contributed by atoms with Crippen LogP contribution in [0.5, 0.6) is 0 Å². The highest BCUT2D eigenvalue weighted by molar-refractivity contribution is 5.71. The van der Waals surface area contributed by atoms with Gasteiger partial charge < -0.3 is 14.2 Å². The summed E-state index contributed by atoms with van der Waals surface area (Å²) in [5, 5.41) is 0. The summed E-state index contributed by atoms with van der Waals surface area (Å²) in [5.74, 6) is -0.911. The second-order valence-electron chi connectivity index (χ2n) is 22.3. The zero-order chi connectivity index (χ0) is 59.2. The van der Waals surface area contributed by atoms with E-state index in [1.54, 1.807) is 0 Å². The van der Waals surface area contributed by atoms with Crippen molar-refractivity contribution in [3.8, 4) is 0 Å². The molecule has 6 nitrogen and oxygen atoms in total. The summed E-state index contributed by atoms with van der Waals surface area (Å²) >= 11 is 0. The quantitative estimate of drug-likeness (QED) is 0.0261. The summed E-state index contributed by atoms with van der Waals surface area (Å²) in [7, 11) is 0. The zero-order valence-electron chi connectivity index (χ0n) is 53.5. The van der Waals surface area contributed by atoms with Crippen LogP contribution in [0.15, 0.2) is 134 Å². The molecule has 0 aliphatic heterocycles. The lowest BCUT2D eigenvalue weighted by atomic mass is 10.1. The van der Waals surface area contributed by atoms with Crippen molar-refractivity contribution < 1.29 is 28.6 Å². The highest BCUT2D eigenvalue weighted by Crippen LogP contribution is 2.15. The molecule has 0 amide bonds. The Morgan fingerprint density at radius 2 is 0.488 bits per heavy atom. The maximum atomic E-state index is 12.9. The molecule has 0 aromatic carbocycles. The molecule has 0 saturated carbocycles. The van der Waals surface area contributed by atoms with Crippen LogP contribution in [0, 0.1) is 0 Å². The van der Waals surface area contributed by atoms with Gasteiger partial charge in [-0.05, 0) is 135 Å². The smallest absolute Gasteiger partial charge is 0.306 e. The molecule has 0 aliphatic carbocycles. The molecule has 0 saturated heterocycles. The van der Waals surface area contributed by atoms with Crippen molar-refractivity contribution in [2.24, 2.45) is 0 Å². The van der Waals surface area contributed by atoms with E-state index >= 15 is 0 Å². The van der Waals surface area contributed by atoms with Crippen molar-refractivity contribution in [2.45, 2.75) is 316 Å². The van der Waals surface area contributed by atoms with Crippen LogP contribution in [0.2, 0.25) is 0 Å². The minimum atomic E-state index is -0.794. The Morgan fingerprint density at radius 1 is 0.256 bits per heavy atom. The average Bonchev–Trinajstić information content (AvgIpc) is 3.48. The van der Waals surface area contributed by atoms with Crippen LogP contribution >= 0.6 is 0 Å². The topological polar surface area (TPSA) is 78.9 Å². The third-order valence-corrected chi connectivity index (χ3v) is 14.4. The molecule has 0 aromatic rings. The molecule has 0 aromatic heterocycles. The SMILES string of the molecule is CC/C=C\C/C=C\C/C=C\C/C=C\C/C=C\C/C=C\C/C=C\C/C=C\CCCCCCCCCCCCC(=O)OCC(COC(=O)CCCCCCC/C=C\C/C=C\CCCC)OC(=O)CCCCCCC/C=C\CCCCCCCC. The minimum Gasteiger partial charge on any atom is -0.462 e. The van der Waals surface area contributed by atoms with E-state index in [0.717, 1.165) is 154 Å². The Balaban J connectivity index is 4.25. The molecule has 0 spiro atoms. The zero-order valence-corrected chi connectivity index (χ0v) is 53.5. The van der Waals surface area contributed by atoms with Gasteiger partial charge in [0.25, 0.3) is 0 Å². The van der Waals surface area contributed by atoms with Gasteiger partial charge in [-0.2, -0.15) is 0 Å². The number of allylic oxidation sites excluding steroid dienone is 22.